The van der Waals surface area contributed by atoms with Gasteiger partial charge in [-0.2, -0.15) is 0 Å². The Bertz CT molecular complexity index is 666. The Morgan fingerprint density at radius 3 is 2.30 bits per heavy atom. The number of aromatic nitrogens is 2. The van der Waals surface area contributed by atoms with Crippen LogP contribution in [-0.2, 0) is 0 Å². The summed E-state index contributed by atoms with van der Waals surface area (Å²) in [7, 11) is 0. The molecule has 1 fully saturated rings. The molecule has 1 saturated carbocycles. The van der Waals surface area contributed by atoms with Gasteiger partial charge in [-0.05, 0) is 42.4 Å². The molecule has 20 heavy (non-hydrogen) atoms. The lowest BCUT2D eigenvalue weighted by atomic mass is 10.0. The van der Waals surface area contributed by atoms with Gasteiger partial charge in [0.15, 0.2) is 0 Å². The van der Waals surface area contributed by atoms with E-state index in [-0.39, 0.29) is 16.2 Å². The van der Waals surface area contributed by atoms with Gasteiger partial charge in [0.05, 0.1) is 16.4 Å². The molecular formula is C17H23ClN2. The molecule has 2 nitrogen and oxygen atoms in total. The summed E-state index contributed by atoms with van der Waals surface area (Å²) in [5, 5.41) is -0.0742. The minimum absolute atomic E-state index is 0.0742. The lowest BCUT2D eigenvalue weighted by molar-refractivity contribution is 0.457. The van der Waals surface area contributed by atoms with E-state index in [9.17, 15) is 0 Å². The maximum Gasteiger partial charge on any atom is 0.128 e. The van der Waals surface area contributed by atoms with E-state index in [1.807, 2.05) is 6.92 Å². The molecule has 0 radical (unpaired) electrons. The highest BCUT2D eigenvalue weighted by atomic mass is 35.5. The van der Waals surface area contributed by atoms with Crippen molar-refractivity contribution in [3.05, 3.63) is 29.6 Å². The lowest BCUT2D eigenvalue weighted by Crippen LogP contribution is -2.06. The fraction of sp³-hybridized carbons (Fsp3) is 0.588. The van der Waals surface area contributed by atoms with Crippen LogP contribution in [0.25, 0.3) is 11.0 Å². The van der Waals surface area contributed by atoms with Crippen molar-refractivity contribution in [1.29, 1.82) is 0 Å². The third kappa shape index (κ3) is 1.67. The number of benzene rings is 1. The molecule has 3 heteroatoms. The molecule has 1 heterocycles. The van der Waals surface area contributed by atoms with E-state index in [1.54, 1.807) is 0 Å². The van der Waals surface area contributed by atoms with Crippen molar-refractivity contribution >= 4 is 22.6 Å². The molecule has 108 valence electrons. The molecule has 1 unspecified atom stereocenters. The molecule has 0 spiro atoms. The maximum atomic E-state index is 6.39. The molecule has 0 N–H and O–H groups in total. The van der Waals surface area contributed by atoms with E-state index >= 15 is 0 Å². The average molecular weight is 291 g/mol. The van der Waals surface area contributed by atoms with Gasteiger partial charge in [0.1, 0.15) is 5.82 Å². The number of alkyl halides is 1. The number of rotatable bonds is 2. The summed E-state index contributed by atoms with van der Waals surface area (Å²) in [6, 6.07) is 6.95. The number of nitrogens with zero attached hydrogens (tertiary/aromatic N) is 2. The molecule has 1 atom stereocenters. The van der Waals surface area contributed by atoms with Crippen LogP contribution in [-0.4, -0.2) is 9.55 Å². The summed E-state index contributed by atoms with van der Waals surface area (Å²) < 4.78 is 2.38. The molecule has 0 aliphatic heterocycles. The molecule has 0 saturated heterocycles. The molecule has 1 aliphatic carbocycles. The highest BCUT2D eigenvalue weighted by Gasteiger charge is 2.66. The highest BCUT2D eigenvalue weighted by Crippen LogP contribution is 2.72. The first-order chi connectivity index (χ1) is 9.18. The van der Waals surface area contributed by atoms with Crippen molar-refractivity contribution in [2.75, 3.05) is 0 Å². The van der Waals surface area contributed by atoms with Gasteiger partial charge in [-0.1, -0.05) is 33.8 Å². The number of aryl methyl sites for hydroxylation is 1. The average Bonchev–Trinajstić information content (AvgIpc) is 2.64. The maximum absolute atomic E-state index is 6.39. The zero-order chi connectivity index (χ0) is 14.9. The van der Waals surface area contributed by atoms with Crippen molar-refractivity contribution in [2.24, 2.45) is 10.8 Å². The third-order valence-corrected chi connectivity index (χ3v) is 5.63. The Labute approximate surface area is 126 Å². The fourth-order valence-electron chi connectivity index (χ4n) is 3.59. The summed E-state index contributed by atoms with van der Waals surface area (Å²) in [6.07, 6.45) is 0. The van der Waals surface area contributed by atoms with E-state index in [1.165, 1.54) is 11.1 Å². The van der Waals surface area contributed by atoms with E-state index in [2.05, 4.69) is 57.4 Å². The predicted molar refractivity (Wildman–Crippen MR) is 85.3 cm³/mol. The van der Waals surface area contributed by atoms with Gasteiger partial charge in [0.2, 0.25) is 0 Å². The summed E-state index contributed by atoms with van der Waals surface area (Å²) in [5.74, 6) is 0.996. The van der Waals surface area contributed by atoms with Crippen molar-refractivity contribution < 1.29 is 0 Å². The van der Waals surface area contributed by atoms with Crippen molar-refractivity contribution in [3.63, 3.8) is 0 Å². The largest absolute Gasteiger partial charge is 0.322 e. The quantitative estimate of drug-likeness (QED) is 0.691. The normalized spacial score (nSPS) is 22.1. The smallest absolute Gasteiger partial charge is 0.128 e. The Morgan fingerprint density at radius 2 is 1.80 bits per heavy atom. The first-order valence-corrected chi connectivity index (χ1v) is 7.74. The Hall–Kier alpha value is -1.02. The third-order valence-electron chi connectivity index (χ3n) is 5.43. The van der Waals surface area contributed by atoms with Crippen LogP contribution in [0.2, 0.25) is 0 Å². The standard InChI is InChI=1S/C17H23ClN2/c1-10-7-8-13-12(9-10)19-14(11(2)18)20(13)15-16(3,4)17(15,5)6/h7-9,11,15H,1-6H3. The first-order valence-electron chi connectivity index (χ1n) is 7.30. The molecule has 3 rings (SSSR count). The van der Waals surface area contributed by atoms with E-state index < -0.39 is 0 Å². The van der Waals surface area contributed by atoms with Crippen molar-refractivity contribution in [2.45, 2.75) is 53.0 Å². The minimum atomic E-state index is -0.0742. The van der Waals surface area contributed by atoms with Crippen LogP contribution < -0.4 is 0 Å². The van der Waals surface area contributed by atoms with Gasteiger partial charge < -0.3 is 4.57 Å². The van der Waals surface area contributed by atoms with Gasteiger partial charge in [-0.25, -0.2) is 4.98 Å². The van der Waals surface area contributed by atoms with Crippen LogP contribution in [0, 0.1) is 17.8 Å². The molecule has 0 bridgehead atoms. The van der Waals surface area contributed by atoms with Crippen LogP contribution in [0.4, 0.5) is 0 Å². The predicted octanol–water partition coefficient (Wildman–Crippen LogP) is 5.25. The van der Waals surface area contributed by atoms with Gasteiger partial charge >= 0.3 is 0 Å². The summed E-state index contributed by atoms with van der Waals surface area (Å²) in [4.78, 5) is 4.80. The second kappa shape index (κ2) is 4.00. The summed E-state index contributed by atoms with van der Waals surface area (Å²) >= 11 is 6.39. The molecular weight excluding hydrogens is 268 g/mol. The van der Waals surface area contributed by atoms with Crippen LogP contribution in [0.3, 0.4) is 0 Å². The Balaban J connectivity index is 2.27. The number of imidazole rings is 1. The van der Waals surface area contributed by atoms with Gasteiger partial charge in [-0.15, -0.1) is 11.6 Å². The van der Waals surface area contributed by atoms with Crippen LogP contribution in [0.5, 0.6) is 0 Å². The fourth-order valence-corrected chi connectivity index (χ4v) is 3.74. The molecule has 2 aromatic rings. The first kappa shape index (κ1) is 13.9. The number of fused-ring (bicyclic) bond motifs is 1. The zero-order valence-electron chi connectivity index (χ0n) is 13.2. The van der Waals surface area contributed by atoms with Crippen LogP contribution >= 0.6 is 11.6 Å². The second-order valence-corrected chi connectivity index (χ2v) is 7.95. The van der Waals surface area contributed by atoms with Gasteiger partial charge in [0, 0.05) is 6.04 Å². The zero-order valence-corrected chi connectivity index (χ0v) is 13.9. The molecule has 1 aromatic heterocycles. The summed E-state index contributed by atoms with van der Waals surface area (Å²) in [6.45, 7) is 13.4. The monoisotopic (exact) mass is 290 g/mol. The number of hydrogen-bond donors (Lipinski definition) is 0. The van der Waals surface area contributed by atoms with E-state index in [4.69, 9.17) is 16.6 Å². The minimum Gasteiger partial charge on any atom is -0.322 e. The Morgan fingerprint density at radius 1 is 1.20 bits per heavy atom. The Kier molecular flexibility index (Phi) is 2.79. The number of hydrogen-bond acceptors (Lipinski definition) is 1. The number of halogens is 1. The molecule has 1 aliphatic rings. The van der Waals surface area contributed by atoms with Gasteiger partial charge in [-0.3, -0.25) is 0 Å². The van der Waals surface area contributed by atoms with Crippen LogP contribution in [0.1, 0.15) is 57.4 Å². The van der Waals surface area contributed by atoms with E-state index in [0.717, 1.165) is 11.3 Å². The topological polar surface area (TPSA) is 17.8 Å². The molecule has 1 aromatic carbocycles. The van der Waals surface area contributed by atoms with Gasteiger partial charge in [0.25, 0.3) is 0 Å². The van der Waals surface area contributed by atoms with Crippen molar-refractivity contribution in [3.8, 4) is 0 Å². The van der Waals surface area contributed by atoms with Crippen LogP contribution in [0.15, 0.2) is 18.2 Å². The highest BCUT2D eigenvalue weighted by molar-refractivity contribution is 6.20. The summed E-state index contributed by atoms with van der Waals surface area (Å²) in [5.41, 5.74) is 4.05. The van der Waals surface area contributed by atoms with Crippen molar-refractivity contribution in [1.82, 2.24) is 9.55 Å². The van der Waals surface area contributed by atoms with E-state index in [0.29, 0.717) is 6.04 Å². The SMILES string of the molecule is Cc1ccc2c(c1)nc(C(C)Cl)n2C1C(C)(C)C1(C)C. The lowest BCUT2D eigenvalue weighted by Gasteiger charge is -2.13. The molecule has 0 amide bonds. The second-order valence-electron chi connectivity index (χ2n) is 7.29.